The Labute approximate surface area is 360 Å². The molecule has 3 aliphatic rings. The van der Waals surface area contributed by atoms with Crippen molar-refractivity contribution in [2.24, 2.45) is 11.8 Å². The van der Waals surface area contributed by atoms with Crippen molar-refractivity contribution in [3.63, 3.8) is 0 Å². The zero-order valence-electron chi connectivity index (χ0n) is 35.4. The minimum Gasteiger partial charge on any atom is -0.0958 e. The van der Waals surface area contributed by atoms with Crippen LogP contribution in [0.4, 0.5) is 0 Å². The standard InChI is InChI=1S/C61H50/c1-38(2)45-35-56(47-24-9-5-18-39(47)3)60(57(36-45)48-25-10-6-19-40(48)4)44-23-17-22-43(33-44)59-51-28-13-15-30-53(51)61(54-31-16-14-29-52(54)59)58-37-46-32-41-20-7-8-21-42(41)34-55(46)49-26-11-12-27-50(49)58/h5,7-18,20-23,25-34,36-37,47,56H,1,6,19,24,35H2,2-4H3. The van der Waals surface area contributed by atoms with E-state index in [-0.39, 0.29) is 0 Å². The van der Waals surface area contributed by atoms with Gasteiger partial charge < -0.3 is 0 Å². The van der Waals surface area contributed by atoms with Crippen LogP contribution in [0, 0.1) is 11.8 Å². The Morgan fingerprint density at radius 3 is 1.89 bits per heavy atom. The molecule has 8 aromatic carbocycles. The van der Waals surface area contributed by atoms with E-state index in [1.807, 2.05) is 0 Å². The van der Waals surface area contributed by atoms with E-state index in [9.17, 15) is 0 Å². The number of hydrogen-bond donors (Lipinski definition) is 0. The second-order valence-corrected chi connectivity index (χ2v) is 17.7. The fourth-order valence-corrected chi connectivity index (χ4v) is 11.0. The molecule has 61 heavy (non-hydrogen) atoms. The molecule has 0 aromatic heterocycles. The van der Waals surface area contributed by atoms with Gasteiger partial charge in [-0.2, -0.15) is 0 Å². The molecule has 2 unspecified atom stereocenters. The molecular weight excluding hydrogens is 733 g/mol. The molecule has 0 amide bonds. The van der Waals surface area contributed by atoms with Crippen molar-refractivity contribution in [1.29, 1.82) is 0 Å². The van der Waals surface area contributed by atoms with Crippen LogP contribution in [0.5, 0.6) is 0 Å². The minimum atomic E-state index is 0.327. The van der Waals surface area contributed by atoms with E-state index in [2.05, 4.69) is 203 Å². The molecule has 0 saturated carbocycles. The normalized spacial score (nSPS) is 18.1. The second-order valence-electron chi connectivity index (χ2n) is 17.7. The fourth-order valence-electron chi connectivity index (χ4n) is 11.0. The molecule has 0 radical (unpaired) electrons. The summed E-state index contributed by atoms with van der Waals surface area (Å²) in [4.78, 5) is 0. The molecule has 0 N–H and O–H groups in total. The monoisotopic (exact) mass is 782 g/mol. The molecule has 0 aliphatic heterocycles. The van der Waals surface area contributed by atoms with Gasteiger partial charge in [-0.25, -0.2) is 0 Å². The summed E-state index contributed by atoms with van der Waals surface area (Å²) < 4.78 is 0. The van der Waals surface area contributed by atoms with Gasteiger partial charge in [-0.05, 0) is 187 Å². The first-order valence-electron chi connectivity index (χ1n) is 22.1. The fraction of sp³-hybridized carbons (Fsp3) is 0.148. The number of hydrogen-bond acceptors (Lipinski definition) is 0. The van der Waals surface area contributed by atoms with Crippen LogP contribution >= 0.6 is 0 Å². The van der Waals surface area contributed by atoms with Crippen LogP contribution in [0.2, 0.25) is 0 Å². The SMILES string of the molecule is C=C(C)C1=CC(C2=C(C)CCC=C2)=C(c2cccc(-c3c4ccccc4c(-c4cc5cc6ccccc6cc5c5ccccc45)c4ccccc34)c2)C(C2CC=CC=C2C)C1. The van der Waals surface area contributed by atoms with Crippen molar-refractivity contribution in [1.82, 2.24) is 0 Å². The van der Waals surface area contributed by atoms with Gasteiger partial charge in [-0.1, -0.05) is 175 Å². The van der Waals surface area contributed by atoms with E-state index in [1.165, 1.54) is 121 Å². The van der Waals surface area contributed by atoms with Gasteiger partial charge in [0.2, 0.25) is 0 Å². The lowest BCUT2D eigenvalue weighted by Gasteiger charge is -2.37. The van der Waals surface area contributed by atoms with Gasteiger partial charge in [-0.3, -0.25) is 0 Å². The molecule has 11 rings (SSSR count). The van der Waals surface area contributed by atoms with Crippen LogP contribution < -0.4 is 0 Å². The molecule has 0 saturated heterocycles. The zero-order chi connectivity index (χ0) is 41.2. The van der Waals surface area contributed by atoms with Crippen LogP contribution in [-0.2, 0) is 0 Å². The molecule has 2 atom stereocenters. The Hall–Kier alpha value is -6.76. The summed E-state index contributed by atoms with van der Waals surface area (Å²) in [6.45, 7) is 11.4. The summed E-state index contributed by atoms with van der Waals surface area (Å²) in [5.74, 6) is 0.749. The van der Waals surface area contributed by atoms with Gasteiger partial charge in [0, 0.05) is 0 Å². The van der Waals surface area contributed by atoms with Gasteiger partial charge in [0.25, 0.3) is 0 Å². The van der Waals surface area contributed by atoms with Crippen LogP contribution in [-0.4, -0.2) is 0 Å². The van der Waals surface area contributed by atoms with Crippen molar-refractivity contribution in [2.75, 3.05) is 0 Å². The van der Waals surface area contributed by atoms with Gasteiger partial charge in [0.15, 0.2) is 0 Å². The maximum atomic E-state index is 4.50. The summed E-state index contributed by atoms with van der Waals surface area (Å²) in [6.07, 6.45) is 18.5. The molecule has 8 aromatic rings. The average Bonchev–Trinajstić information content (AvgIpc) is 3.30. The smallest absolute Gasteiger partial charge is 0.00199 e. The van der Waals surface area contributed by atoms with E-state index < -0.39 is 0 Å². The predicted molar refractivity (Wildman–Crippen MR) is 265 cm³/mol. The van der Waals surface area contributed by atoms with E-state index >= 15 is 0 Å². The van der Waals surface area contributed by atoms with Crippen molar-refractivity contribution < 1.29 is 0 Å². The molecule has 0 fully saturated rings. The van der Waals surface area contributed by atoms with Crippen LogP contribution in [0.15, 0.2) is 216 Å². The highest BCUT2D eigenvalue weighted by Crippen LogP contribution is 2.51. The van der Waals surface area contributed by atoms with Gasteiger partial charge in [0.1, 0.15) is 0 Å². The summed E-state index contributed by atoms with van der Waals surface area (Å²) >= 11 is 0. The van der Waals surface area contributed by atoms with Gasteiger partial charge in [-0.15, -0.1) is 0 Å². The summed E-state index contributed by atoms with van der Waals surface area (Å²) in [5.41, 5.74) is 16.2. The number of fused-ring (bicyclic) bond motifs is 6. The Balaban J connectivity index is 1.18. The van der Waals surface area contributed by atoms with E-state index in [4.69, 9.17) is 0 Å². The molecule has 294 valence electrons. The molecular formula is C61H50. The first-order valence-corrected chi connectivity index (χ1v) is 22.1. The molecule has 0 spiro atoms. The third-order valence-electron chi connectivity index (χ3n) is 14.0. The quantitative estimate of drug-likeness (QED) is 0.116. The van der Waals surface area contributed by atoms with E-state index in [0.717, 1.165) is 25.7 Å². The topological polar surface area (TPSA) is 0 Å². The van der Waals surface area contributed by atoms with E-state index in [0.29, 0.717) is 11.8 Å². The Morgan fingerprint density at radius 1 is 0.557 bits per heavy atom. The number of rotatable bonds is 6. The van der Waals surface area contributed by atoms with Crippen LogP contribution in [0.1, 0.15) is 52.0 Å². The zero-order valence-corrected chi connectivity index (χ0v) is 35.4. The highest BCUT2D eigenvalue weighted by Gasteiger charge is 2.34. The molecule has 0 bridgehead atoms. The van der Waals surface area contributed by atoms with Crippen LogP contribution in [0.25, 0.3) is 81.7 Å². The lowest BCUT2D eigenvalue weighted by molar-refractivity contribution is 0.458. The average molecular weight is 783 g/mol. The predicted octanol–water partition coefficient (Wildman–Crippen LogP) is 17.3. The lowest BCUT2D eigenvalue weighted by atomic mass is 9.67. The first kappa shape index (κ1) is 37.3. The third-order valence-corrected chi connectivity index (χ3v) is 14.0. The Bertz CT molecular complexity index is 3290. The second kappa shape index (κ2) is 15.1. The Kier molecular flexibility index (Phi) is 9.19. The minimum absolute atomic E-state index is 0.327. The van der Waals surface area contributed by atoms with E-state index in [1.54, 1.807) is 0 Å². The number of benzene rings is 8. The first-order chi connectivity index (χ1) is 29.9. The summed E-state index contributed by atoms with van der Waals surface area (Å²) in [7, 11) is 0. The number of allylic oxidation sites excluding steroid dienone is 13. The maximum absolute atomic E-state index is 4.50. The molecule has 3 aliphatic carbocycles. The maximum Gasteiger partial charge on any atom is -0.00199 e. The van der Waals surface area contributed by atoms with Crippen molar-refractivity contribution in [2.45, 2.75) is 46.5 Å². The third kappa shape index (κ3) is 6.28. The molecule has 0 heteroatoms. The van der Waals surface area contributed by atoms with Gasteiger partial charge in [0.05, 0.1) is 0 Å². The molecule has 0 heterocycles. The van der Waals surface area contributed by atoms with Gasteiger partial charge >= 0.3 is 0 Å². The van der Waals surface area contributed by atoms with Crippen molar-refractivity contribution in [3.05, 3.63) is 222 Å². The molecule has 0 nitrogen and oxygen atoms in total. The Morgan fingerprint density at radius 2 is 1.20 bits per heavy atom. The van der Waals surface area contributed by atoms with Crippen molar-refractivity contribution >= 4 is 59.4 Å². The summed E-state index contributed by atoms with van der Waals surface area (Å²) in [5, 5.41) is 12.8. The lowest BCUT2D eigenvalue weighted by Crippen LogP contribution is -2.23. The highest BCUT2D eigenvalue weighted by atomic mass is 14.4. The summed E-state index contributed by atoms with van der Waals surface area (Å²) in [6, 6.07) is 52.8. The van der Waals surface area contributed by atoms with Crippen LogP contribution in [0.3, 0.4) is 0 Å². The van der Waals surface area contributed by atoms with Crippen molar-refractivity contribution in [3.8, 4) is 22.3 Å². The largest absolute Gasteiger partial charge is 0.0958 e. The highest BCUT2D eigenvalue weighted by molar-refractivity contribution is 6.26.